The van der Waals surface area contributed by atoms with Gasteiger partial charge >= 0.3 is 5.97 Å². The monoisotopic (exact) mass is 251 g/mol. The number of esters is 1. The van der Waals surface area contributed by atoms with E-state index in [4.69, 9.17) is 10.5 Å². The summed E-state index contributed by atoms with van der Waals surface area (Å²) in [6.07, 6.45) is 1.76. The Bertz CT molecular complexity index is 396. The van der Waals surface area contributed by atoms with Crippen molar-refractivity contribution < 1.29 is 9.53 Å². The molecule has 1 rings (SSSR count). The molecule has 0 fully saturated rings. The molecule has 0 saturated heterocycles. The van der Waals surface area contributed by atoms with Crippen LogP contribution in [0.5, 0.6) is 0 Å². The maximum atomic E-state index is 11.3. The van der Waals surface area contributed by atoms with Gasteiger partial charge in [0.25, 0.3) is 0 Å². The molecule has 0 radical (unpaired) electrons. The molecule has 1 atom stereocenters. The van der Waals surface area contributed by atoms with E-state index in [0.29, 0.717) is 13.1 Å². The van der Waals surface area contributed by atoms with Gasteiger partial charge in [-0.2, -0.15) is 0 Å². The normalized spacial score (nSPS) is 12.5. The van der Waals surface area contributed by atoms with E-state index < -0.39 is 0 Å². The average molecular weight is 251 g/mol. The van der Waals surface area contributed by atoms with Gasteiger partial charge in [0.1, 0.15) is 0 Å². The Labute approximate surface area is 108 Å². The zero-order chi connectivity index (χ0) is 13.5. The third-order valence-corrected chi connectivity index (χ3v) is 2.73. The van der Waals surface area contributed by atoms with Crippen LogP contribution in [0.4, 0.5) is 0 Å². The Morgan fingerprint density at radius 2 is 2.33 bits per heavy atom. The molecule has 1 heterocycles. The molecule has 0 spiro atoms. The molecule has 1 aromatic rings. The molecular formula is C13H21N3O2. The molecule has 0 bridgehead atoms. The van der Waals surface area contributed by atoms with E-state index in [2.05, 4.69) is 9.88 Å². The number of rotatable bonds is 6. The Hall–Kier alpha value is -1.46. The first-order valence-corrected chi connectivity index (χ1v) is 5.97. The van der Waals surface area contributed by atoms with Crippen LogP contribution >= 0.6 is 0 Å². The number of carbonyl (C=O) groups is 1. The Kier molecular flexibility index (Phi) is 5.74. The van der Waals surface area contributed by atoms with Crippen molar-refractivity contribution in [1.29, 1.82) is 0 Å². The van der Waals surface area contributed by atoms with Crippen molar-refractivity contribution in [2.45, 2.75) is 20.0 Å². The van der Waals surface area contributed by atoms with Crippen LogP contribution in [0, 0.1) is 5.92 Å². The second-order valence-electron chi connectivity index (χ2n) is 4.48. The van der Waals surface area contributed by atoms with Gasteiger partial charge in [0, 0.05) is 25.8 Å². The minimum Gasteiger partial charge on any atom is -0.469 e. The molecule has 0 amide bonds. The van der Waals surface area contributed by atoms with E-state index in [-0.39, 0.29) is 11.9 Å². The summed E-state index contributed by atoms with van der Waals surface area (Å²) in [4.78, 5) is 17.6. The molecule has 2 N–H and O–H groups in total. The zero-order valence-corrected chi connectivity index (χ0v) is 11.2. The molecule has 5 heteroatoms. The van der Waals surface area contributed by atoms with E-state index in [1.54, 1.807) is 6.20 Å². The van der Waals surface area contributed by atoms with Crippen molar-refractivity contribution in [3.05, 3.63) is 29.6 Å². The molecule has 0 aliphatic carbocycles. The van der Waals surface area contributed by atoms with E-state index >= 15 is 0 Å². The highest BCUT2D eigenvalue weighted by Gasteiger charge is 2.15. The Morgan fingerprint density at radius 1 is 1.61 bits per heavy atom. The van der Waals surface area contributed by atoms with E-state index in [1.165, 1.54) is 7.11 Å². The molecule has 0 aliphatic rings. The largest absolute Gasteiger partial charge is 0.469 e. The van der Waals surface area contributed by atoms with Gasteiger partial charge in [-0.15, -0.1) is 0 Å². The maximum absolute atomic E-state index is 11.3. The maximum Gasteiger partial charge on any atom is 0.309 e. The molecule has 0 saturated carbocycles. The molecule has 0 aromatic carbocycles. The van der Waals surface area contributed by atoms with Gasteiger partial charge < -0.3 is 15.4 Å². The van der Waals surface area contributed by atoms with Gasteiger partial charge in [-0.25, -0.2) is 0 Å². The second-order valence-corrected chi connectivity index (χ2v) is 4.48. The topological polar surface area (TPSA) is 68.5 Å². The van der Waals surface area contributed by atoms with Gasteiger partial charge in [0.05, 0.1) is 18.7 Å². The first-order chi connectivity index (χ1) is 8.56. The first kappa shape index (κ1) is 14.6. The van der Waals surface area contributed by atoms with Crippen molar-refractivity contribution in [3.63, 3.8) is 0 Å². The molecule has 1 unspecified atom stereocenters. The highest BCUT2D eigenvalue weighted by molar-refractivity contribution is 5.72. The van der Waals surface area contributed by atoms with Crippen molar-refractivity contribution in [3.8, 4) is 0 Å². The van der Waals surface area contributed by atoms with Gasteiger partial charge in [-0.05, 0) is 24.7 Å². The number of pyridine rings is 1. The SMILES string of the molecule is COC(=O)C(C)CN(C)Cc1ccnc(CN)c1. The van der Waals surface area contributed by atoms with Crippen molar-refractivity contribution >= 4 is 5.97 Å². The highest BCUT2D eigenvalue weighted by atomic mass is 16.5. The second kappa shape index (κ2) is 7.08. The lowest BCUT2D eigenvalue weighted by Crippen LogP contribution is -2.29. The average Bonchev–Trinajstić information content (AvgIpc) is 2.37. The zero-order valence-electron chi connectivity index (χ0n) is 11.2. The summed E-state index contributed by atoms with van der Waals surface area (Å²) in [6.45, 7) is 3.72. The van der Waals surface area contributed by atoms with Crippen molar-refractivity contribution in [2.75, 3.05) is 20.7 Å². The van der Waals surface area contributed by atoms with Crippen molar-refractivity contribution in [1.82, 2.24) is 9.88 Å². The Morgan fingerprint density at radius 3 is 2.94 bits per heavy atom. The summed E-state index contributed by atoms with van der Waals surface area (Å²) in [5, 5.41) is 0. The number of methoxy groups -OCH3 is 1. The van der Waals surface area contributed by atoms with Crippen LogP contribution in [0.25, 0.3) is 0 Å². The van der Waals surface area contributed by atoms with Crippen LogP contribution in [0.2, 0.25) is 0 Å². The quantitative estimate of drug-likeness (QED) is 0.757. The molecular weight excluding hydrogens is 230 g/mol. The van der Waals surface area contributed by atoms with Gasteiger partial charge in [0.2, 0.25) is 0 Å². The molecule has 0 aliphatic heterocycles. The van der Waals surface area contributed by atoms with Crippen LogP contribution < -0.4 is 5.73 Å². The van der Waals surface area contributed by atoms with Crippen LogP contribution in [0.1, 0.15) is 18.2 Å². The summed E-state index contributed by atoms with van der Waals surface area (Å²) in [7, 11) is 3.39. The minimum absolute atomic E-state index is 0.129. The van der Waals surface area contributed by atoms with Gasteiger partial charge in [0.15, 0.2) is 0 Å². The van der Waals surface area contributed by atoms with Gasteiger partial charge in [-0.3, -0.25) is 9.78 Å². The number of hydrogen-bond donors (Lipinski definition) is 1. The third-order valence-electron chi connectivity index (χ3n) is 2.73. The Balaban J connectivity index is 2.53. The lowest BCUT2D eigenvalue weighted by atomic mass is 10.1. The van der Waals surface area contributed by atoms with E-state index in [1.807, 2.05) is 26.1 Å². The number of hydrogen-bond acceptors (Lipinski definition) is 5. The predicted molar refractivity (Wildman–Crippen MR) is 69.6 cm³/mol. The number of aromatic nitrogens is 1. The highest BCUT2D eigenvalue weighted by Crippen LogP contribution is 2.07. The smallest absolute Gasteiger partial charge is 0.309 e. The molecule has 18 heavy (non-hydrogen) atoms. The van der Waals surface area contributed by atoms with Crippen molar-refractivity contribution in [2.24, 2.45) is 11.7 Å². The molecule has 5 nitrogen and oxygen atoms in total. The number of nitrogens with zero attached hydrogens (tertiary/aromatic N) is 2. The first-order valence-electron chi connectivity index (χ1n) is 5.97. The summed E-state index contributed by atoms with van der Waals surface area (Å²) in [5.74, 6) is -0.310. The summed E-state index contributed by atoms with van der Waals surface area (Å²) >= 11 is 0. The van der Waals surface area contributed by atoms with Crippen LogP contribution in [-0.2, 0) is 22.6 Å². The molecule has 100 valence electrons. The third kappa shape index (κ3) is 4.43. The van der Waals surface area contributed by atoms with Crippen LogP contribution in [0.15, 0.2) is 18.3 Å². The number of carbonyl (C=O) groups excluding carboxylic acids is 1. The minimum atomic E-state index is -0.181. The van der Waals surface area contributed by atoms with Crippen LogP contribution in [-0.4, -0.2) is 36.6 Å². The predicted octanol–water partition coefficient (Wildman–Crippen LogP) is 0.781. The number of nitrogens with two attached hydrogens (primary N) is 1. The fourth-order valence-electron chi connectivity index (χ4n) is 1.86. The lowest BCUT2D eigenvalue weighted by Gasteiger charge is -2.20. The molecule has 1 aromatic heterocycles. The number of ether oxygens (including phenoxy) is 1. The standard InChI is InChI=1S/C13H21N3O2/c1-10(13(17)18-3)8-16(2)9-11-4-5-15-12(6-11)7-14/h4-6,10H,7-9,14H2,1-3H3. The lowest BCUT2D eigenvalue weighted by molar-refractivity contribution is -0.145. The summed E-state index contributed by atoms with van der Waals surface area (Å²) < 4.78 is 4.71. The summed E-state index contributed by atoms with van der Waals surface area (Å²) in [6, 6.07) is 3.94. The van der Waals surface area contributed by atoms with Gasteiger partial charge in [-0.1, -0.05) is 6.92 Å². The van der Waals surface area contributed by atoms with E-state index in [0.717, 1.165) is 17.8 Å². The fourth-order valence-corrected chi connectivity index (χ4v) is 1.86. The van der Waals surface area contributed by atoms with E-state index in [9.17, 15) is 4.79 Å². The van der Waals surface area contributed by atoms with Crippen LogP contribution in [0.3, 0.4) is 0 Å². The fraction of sp³-hybridized carbons (Fsp3) is 0.538. The summed E-state index contributed by atoms with van der Waals surface area (Å²) in [5.41, 5.74) is 7.57.